The van der Waals surface area contributed by atoms with E-state index in [1.165, 1.54) is 6.07 Å². The van der Waals surface area contributed by atoms with Crippen molar-refractivity contribution in [3.63, 3.8) is 0 Å². The molecule has 2 aliphatic heterocycles. The molecule has 2 atom stereocenters. The number of hydrogen-bond acceptors (Lipinski definition) is 2. The van der Waals surface area contributed by atoms with E-state index in [1.54, 1.807) is 35.8 Å². The quantitative estimate of drug-likeness (QED) is 0.834. The monoisotopic (exact) mass is 290 g/mol. The molecule has 1 aromatic rings. The first-order valence-electron chi connectivity index (χ1n) is 7.35. The standard InChI is InChI=1S/C16H19FN2O2/c1-10-8-12(5-6-13(10)17)9-19-11(2)15(20)18-7-3-4-14(18)16(19)21/h5-6,8,11,14H,3-4,7,9H2,1-2H3/t11-,14+/m0/s1. The summed E-state index contributed by atoms with van der Waals surface area (Å²) in [5.74, 6) is -0.215. The van der Waals surface area contributed by atoms with Gasteiger partial charge in [-0.25, -0.2) is 4.39 Å². The summed E-state index contributed by atoms with van der Waals surface area (Å²) in [5.41, 5.74) is 1.41. The second kappa shape index (κ2) is 5.13. The first-order valence-corrected chi connectivity index (χ1v) is 7.35. The Morgan fingerprint density at radius 1 is 1.29 bits per heavy atom. The van der Waals surface area contributed by atoms with Gasteiger partial charge < -0.3 is 9.80 Å². The molecule has 0 saturated carbocycles. The van der Waals surface area contributed by atoms with Crippen LogP contribution in [0.15, 0.2) is 18.2 Å². The molecule has 2 amide bonds. The van der Waals surface area contributed by atoms with E-state index in [4.69, 9.17) is 0 Å². The molecule has 0 spiro atoms. The molecule has 2 aliphatic rings. The van der Waals surface area contributed by atoms with Crippen LogP contribution in [0.25, 0.3) is 0 Å². The molecule has 0 unspecified atom stereocenters. The Hall–Kier alpha value is -1.91. The van der Waals surface area contributed by atoms with Crippen molar-refractivity contribution in [1.82, 2.24) is 9.80 Å². The molecule has 21 heavy (non-hydrogen) atoms. The SMILES string of the molecule is Cc1cc(CN2C(=O)[C@H]3CCCN3C(=O)[C@@H]2C)ccc1F. The molecule has 0 radical (unpaired) electrons. The van der Waals surface area contributed by atoms with E-state index in [2.05, 4.69) is 0 Å². The summed E-state index contributed by atoms with van der Waals surface area (Å²) in [6, 6.07) is 4.08. The third-order valence-electron chi connectivity index (χ3n) is 4.50. The Morgan fingerprint density at radius 3 is 2.76 bits per heavy atom. The highest BCUT2D eigenvalue weighted by Gasteiger charge is 2.45. The van der Waals surface area contributed by atoms with Gasteiger partial charge in [0.1, 0.15) is 17.9 Å². The van der Waals surface area contributed by atoms with Gasteiger partial charge in [-0.15, -0.1) is 0 Å². The Bertz CT molecular complexity index is 602. The minimum Gasteiger partial charge on any atom is -0.329 e. The summed E-state index contributed by atoms with van der Waals surface area (Å²) in [6.45, 7) is 4.51. The number of piperazine rings is 1. The fourth-order valence-electron chi connectivity index (χ4n) is 3.26. The van der Waals surface area contributed by atoms with Crippen LogP contribution in [0.1, 0.15) is 30.9 Å². The molecule has 0 bridgehead atoms. The van der Waals surface area contributed by atoms with Crippen molar-refractivity contribution in [3.05, 3.63) is 35.1 Å². The van der Waals surface area contributed by atoms with Crippen LogP contribution in [0.5, 0.6) is 0 Å². The number of hydrogen-bond donors (Lipinski definition) is 0. The Labute approximate surface area is 123 Å². The number of carbonyl (C=O) groups excluding carboxylic acids is 2. The summed E-state index contributed by atoms with van der Waals surface area (Å²) < 4.78 is 13.3. The highest BCUT2D eigenvalue weighted by Crippen LogP contribution is 2.28. The third kappa shape index (κ3) is 2.30. The molecule has 1 aromatic carbocycles. The van der Waals surface area contributed by atoms with E-state index >= 15 is 0 Å². The average Bonchev–Trinajstić information content (AvgIpc) is 2.95. The minimum atomic E-state index is -0.447. The maximum Gasteiger partial charge on any atom is 0.246 e. The van der Waals surface area contributed by atoms with Gasteiger partial charge in [0, 0.05) is 13.1 Å². The Kier molecular flexibility index (Phi) is 3.43. The second-order valence-corrected chi connectivity index (χ2v) is 5.92. The van der Waals surface area contributed by atoms with Crippen LogP contribution in [0.3, 0.4) is 0 Å². The molecule has 2 saturated heterocycles. The van der Waals surface area contributed by atoms with Gasteiger partial charge in [0.25, 0.3) is 0 Å². The summed E-state index contributed by atoms with van der Waals surface area (Å²) in [7, 11) is 0. The van der Waals surface area contributed by atoms with E-state index in [-0.39, 0.29) is 23.7 Å². The van der Waals surface area contributed by atoms with Crippen molar-refractivity contribution >= 4 is 11.8 Å². The number of amides is 2. The minimum absolute atomic E-state index is 0.0154. The average molecular weight is 290 g/mol. The zero-order chi connectivity index (χ0) is 15.1. The molecule has 5 heteroatoms. The molecule has 112 valence electrons. The van der Waals surface area contributed by atoms with Gasteiger partial charge in [-0.3, -0.25) is 9.59 Å². The maximum atomic E-state index is 13.3. The fraction of sp³-hybridized carbons (Fsp3) is 0.500. The largest absolute Gasteiger partial charge is 0.329 e. The Morgan fingerprint density at radius 2 is 2.05 bits per heavy atom. The van der Waals surface area contributed by atoms with Gasteiger partial charge in [-0.05, 0) is 43.9 Å². The first-order chi connectivity index (χ1) is 9.99. The lowest BCUT2D eigenvalue weighted by Gasteiger charge is -2.41. The summed E-state index contributed by atoms with van der Waals surface area (Å²) >= 11 is 0. The maximum absolute atomic E-state index is 13.3. The molecule has 3 rings (SSSR count). The van der Waals surface area contributed by atoms with Crippen LogP contribution in [-0.2, 0) is 16.1 Å². The van der Waals surface area contributed by atoms with E-state index in [0.29, 0.717) is 18.7 Å². The number of benzene rings is 1. The van der Waals surface area contributed by atoms with E-state index in [0.717, 1.165) is 18.4 Å². The lowest BCUT2D eigenvalue weighted by atomic mass is 10.0. The van der Waals surface area contributed by atoms with Gasteiger partial charge in [0.15, 0.2) is 0 Å². The van der Waals surface area contributed by atoms with Crippen molar-refractivity contribution in [2.45, 2.75) is 45.3 Å². The third-order valence-corrected chi connectivity index (χ3v) is 4.50. The molecule has 2 heterocycles. The van der Waals surface area contributed by atoms with Crippen LogP contribution in [0.2, 0.25) is 0 Å². The predicted octanol–water partition coefficient (Wildman–Crippen LogP) is 1.86. The molecular weight excluding hydrogens is 271 g/mol. The Balaban J connectivity index is 1.85. The van der Waals surface area contributed by atoms with Crippen LogP contribution in [0, 0.1) is 12.7 Å². The van der Waals surface area contributed by atoms with Crippen molar-refractivity contribution in [2.24, 2.45) is 0 Å². The van der Waals surface area contributed by atoms with E-state index in [1.807, 2.05) is 0 Å². The highest BCUT2D eigenvalue weighted by molar-refractivity contribution is 5.97. The van der Waals surface area contributed by atoms with Crippen LogP contribution >= 0.6 is 0 Å². The van der Waals surface area contributed by atoms with Crippen molar-refractivity contribution < 1.29 is 14.0 Å². The summed E-state index contributed by atoms with van der Waals surface area (Å²) in [5, 5.41) is 0. The fourth-order valence-corrected chi connectivity index (χ4v) is 3.26. The lowest BCUT2D eigenvalue weighted by molar-refractivity contribution is -0.159. The summed E-state index contributed by atoms with van der Waals surface area (Å²) in [4.78, 5) is 28.3. The number of aryl methyl sites for hydroxylation is 1. The van der Waals surface area contributed by atoms with Crippen LogP contribution in [-0.4, -0.2) is 40.2 Å². The van der Waals surface area contributed by atoms with Gasteiger partial charge in [0.05, 0.1) is 0 Å². The number of carbonyl (C=O) groups is 2. The first kappa shape index (κ1) is 14.0. The van der Waals surface area contributed by atoms with E-state index in [9.17, 15) is 14.0 Å². The van der Waals surface area contributed by atoms with Crippen LogP contribution < -0.4 is 0 Å². The van der Waals surface area contributed by atoms with Gasteiger partial charge in [0.2, 0.25) is 11.8 Å². The van der Waals surface area contributed by atoms with Gasteiger partial charge in [-0.1, -0.05) is 12.1 Å². The summed E-state index contributed by atoms with van der Waals surface area (Å²) in [6.07, 6.45) is 1.63. The number of fused-ring (bicyclic) bond motifs is 1. The van der Waals surface area contributed by atoms with Crippen LogP contribution in [0.4, 0.5) is 4.39 Å². The molecule has 4 nitrogen and oxygen atoms in total. The molecule has 2 fully saturated rings. The lowest BCUT2D eigenvalue weighted by Crippen LogP contribution is -2.61. The molecule has 0 N–H and O–H groups in total. The topological polar surface area (TPSA) is 40.6 Å². The number of nitrogens with zero attached hydrogens (tertiary/aromatic N) is 2. The van der Waals surface area contributed by atoms with E-state index < -0.39 is 6.04 Å². The number of halogens is 1. The predicted molar refractivity (Wildman–Crippen MR) is 75.9 cm³/mol. The second-order valence-electron chi connectivity index (χ2n) is 5.92. The van der Waals surface area contributed by atoms with Crippen molar-refractivity contribution in [1.29, 1.82) is 0 Å². The smallest absolute Gasteiger partial charge is 0.246 e. The zero-order valence-corrected chi connectivity index (χ0v) is 12.3. The van der Waals surface area contributed by atoms with Crippen molar-refractivity contribution in [2.75, 3.05) is 6.54 Å². The molecular formula is C16H19FN2O2. The molecule has 0 aliphatic carbocycles. The molecule has 0 aromatic heterocycles. The van der Waals surface area contributed by atoms with Gasteiger partial charge >= 0.3 is 0 Å². The van der Waals surface area contributed by atoms with Crippen molar-refractivity contribution in [3.8, 4) is 0 Å². The number of rotatable bonds is 2. The highest BCUT2D eigenvalue weighted by atomic mass is 19.1. The zero-order valence-electron chi connectivity index (χ0n) is 12.3. The normalized spacial score (nSPS) is 25.5. The van der Waals surface area contributed by atoms with Gasteiger partial charge in [-0.2, -0.15) is 0 Å².